The number of carboxylic acids is 1. The smallest absolute Gasteiger partial charge is 0.303 e. The van der Waals surface area contributed by atoms with Crippen molar-refractivity contribution in [2.24, 2.45) is 5.92 Å². The summed E-state index contributed by atoms with van der Waals surface area (Å²) in [5.74, 6) is 0.869. The first-order valence-corrected chi connectivity index (χ1v) is 6.62. The molecule has 0 aromatic carbocycles. The molecule has 100 valence electrons. The first kappa shape index (κ1) is 13.1. The van der Waals surface area contributed by atoms with Crippen molar-refractivity contribution in [1.82, 2.24) is 4.90 Å². The molecule has 2 rings (SSSR count). The van der Waals surface area contributed by atoms with Crippen LogP contribution in [-0.2, 0) is 11.3 Å². The van der Waals surface area contributed by atoms with E-state index < -0.39 is 5.97 Å². The van der Waals surface area contributed by atoms with Crippen LogP contribution in [0.4, 0.5) is 0 Å². The molecule has 0 bridgehead atoms. The Morgan fingerprint density at radius 2 is 2.44 bits per heavy atom. The SMILES string of the molecule is Cc1ccoc1CN1CCCC(CCC(=O)O)C1. The van der Waals surface area contributed by atoms with Gasteiger partial charge < -0.3 is 9.52 Å². The summed E-state index contributed by atoms with van der Waals surface area (Å²) in [6, 6.07) is 1.99. The Hall–Kier alpha value is -1.29. The van der Waals surface area contributed by atoms with Gasteiger partial charge in [0, 0.05) is 13.0 Å². The highest BCUT2D eigenvalue weighted by Crippen LogP contribution is 2.23. The number of carbonyl (C=O) groups is 1. The number of likely N-dealkylation sites (tertiary alicyclic amines) is 1. The molecule has 0 radical (unpaired) electrons. The Labute approximate surface area is 108 Å². The van der Waals surface area contributed by atoms with Gasteiger partial charge in [0.2, 0.25) is 0 Å². The number of piperidine rings is 1. The number of nitrogens with zero attached hydrogens (tertiary/aromatic N) is 1. The van der Waals surface area contributed by atoms with Gasteiger partial charge in [0.15, 0.2) is 0 Å². The minimum absolute atomic E-state index is 0.290. The standard InChI is InChI=1S/C14H21NO3/c1-11-6-8-18-13(11)10-15-7-2-3-12(9-15)4-5-14(16)17/h6,8,12H,2-5,7,9-10H2,1H3,(H,16,17). The molecule has 1 aromatic rings. The average Bonchev–Trinajstić information content (AvgIpc) is 2.73. The van der Waals surface area contributed by atoms with Crippen LogP contribution in [0.2, 0.25) is 0 Å². The summed E-state index contributed by atoms with van der Waals surface area (Å²) in [6.07, 6.45) is 5.13. The number of carboxylic acid groups (broad SMARTS) is 1. The van der Waals surface area contributed by atoms with Crippen molar-refractivity contribution >= 4 is 5.97 Å². The fraction of sp³-hybridized carbons (Fsp3) is 0.643. The Morgan fingerprint density at radius 3 is 3.11 bits per heavy atom. The molecule has 1 N–H and O–H groups in total. The Bertz CT molecular complexity index is 399. The van der Waals surface area contributed by atoms with E-state index in [-0.39, 0.29) is 6.42 Å². The van der Waals surface area contributed by atoms with Crippen LogP contribution in [0, 0.1) is 12.8 Å². The van der Waals surface area contributed by atoms with Gasteiger partial charge in [0.05, 0.1) is 12.8 Å². The van der Waals surface area contributed by atoms with E-state index in [0.29, 0.717) is 5.92 Å². The maximum Gasteiger partial charge on any atom is 0.303 e. The lowest BCUT2D eigenvalue weighted by atomic mass is 9.93. The second kappa shape index (κ2) is 6.05. The van der Waals surface area contributed by atoms with E-state index >= 15 is 0 Å². The number of aliphatic carboxylic acids is 1. The minimum Gasteiger partial charge on any atom is -0.481 e. The second-order valence-corrected chi connectivity index (χ2v) is 5.20. The second-order valence-electron chi connectivity index (χ2n) is 5.20. The number of hydrogen-bond donors (Lipinski definition) is 1. The van der Waals surface area contributed by atoms with Gasteiger partial charge in [-0.3, -0.25) is 9.69 Å². The summed E-state index contributed by atoms with van der Waals surface area (Å²) in [6.45, 7) is 4.99. The number of rotatable bonds is 5. The fourth-order valence-electron chi connectivity index (χ4n) is 2.63. The fourth-order valence-corrected chi connectivity index (χ4v) is 2.63. The molecule has 0 amide bonds. The molecule has 1 saturated heterocycles. The maximum atomic E-state index is 10.6. The van der Waals surface area contributed by atoms with Crippen LogP contribution in [-0.4, -0.2) is 29.1 Å². The van der Waals surface area contributed by atoms with Gasteiger partial charge in [-0.15, -0.1) is 0 Å². The third kappa shape index (κ3) is 3.60. The van der Waals surface area contributed by atoms with Crippen molar-refractivity contribution in [2.45, 2.75) is 39.2 Å². The van der Waals surface area contributed by atoms with E-state index in [0.717, 1.165) is 44.7 Å². The van der Waals surface area contributed by atoms with Crippen molar-refractivity contribution in [3.05, 3.63) is 23.7 Å². The largest absolute Gasteiger partial charge is 0.481 e. The van der Waals surface area contributed by atoms with Gasteiger partial charge in [-0.05, 0) is 50.3 Å². The Balaban J connectivity index is 1.83. The lowest BCUT2D eigenvalue weighted by Crippen LogP contribution is -2.35. The molecular weight excluding hydrogens is 230 g/mol. The molecule has 2 heterocycles. The third-order valence-electron chi connectivity index (χ3n) is 3.70. The molecule has 18 heavy (non-hydrogen) atoms. The third-order valence-corrected chi connectivity index (χ3v) is 3.70. The van der Waals surface area contributed by atoms with Gasteiger partial charge in [0.25, 0.3) is 0 Å². The van der Waals surface area contributed by atoms with Gasteiger partial charge in [-0.25, -0.2) is 0 Å². The van der Waals surface area contributed by atoms with Crippen LogP contribution in [0.5, 0.6) is 0 Å². The van der Waals surface area contributed by atoms with Crippen molar-refractivity contribution in [3.8, 4) is 0 Å². The average molecular weight is 251 g/mol. The number of aryl methyl sites for hydroxylation is 1. The molecule has 0 aliphatic carbocycles. The van der Waals surface area contributed by atoms with Gasteiger partial charge in [-0.2, -0.15) is 0 Å². The number of furan rings is 1. The maximum absolute atomic E-state index is 10.6. The predicted octanol–water partition coefficient (Wildman–Crippen LogP) is 2.66. The van der Waals surface area contributed by atoms with Crippen LogP contribution >= 0.6 is 0 Å². The normalized spacial score (nSPS) is 21.1. The van der Waals surface area contributed by atoms with Crippen LogP contribution in [0.1, 0.15) is 37.0 Å². The summed E-state index contributed by atoms with van der Waals surface area (Å²) in [4.78, 5) is 13.0. The molecule has 4 heteroatoms. The van der Waals surface area contributed by atoms with Crippen molar-refractivity contribution in [1.29, 1.82) is 0 Å². The van der Waals surface area contributed by atoms with Gasteiger partial charge >= 0.3 is 5.97 Å². The van der Waals surface area contributed by atoms with E-state index in [1.807, 2.05) is 6.07 Å². The van der Waals surface area contributed by atoms with Crippen molar-refractivity contribution < 1.29 is 14.3 Å². The Kier molecular flexibility index (Phi) is 4.42. The highest BCUT2D eigenvalue weighted by molar-refractivity contribution is 5.66. The van der Waals surface area contributed by atoms with E-state index in [2.05, 4.69) is 11.8 Å². The highest BCUT2D eigenvalue weighted by Gasteiger charge is 2.21. The monoisotopic (exact) mass is 251 g/mol. The highest BCUT2D eigenvalue weighted by atomic mass is 16.4. The zero-order valence-electron chi connectivity index (χ0n) is 10.9. The van der Waals surface area contributed by atoms with Crippen LogP contribution < -0.4 is 0 Å². The molecule has 1 aliphatic heterocycles. The first-order chi connectivity index (χ1) is 8.65. The van der Waals surface area contributed by atoms with Gasteiger partial charge in [0.1, 0.15) is 5.76 Å². The van der Waals surface area contributed by atoms with Crippen LogP contribution in [0.15, 0.2) is 16.7 Å². The van der Waals surface area contributed by atoms with Crippen LogP contribution in [0.3, 0.4) is 0 Å². The summed E-state index contributed by atoms with van der Waals surface area (Å²) in [5, 5.41) is 8.73. The summed E-state index contributed by atoms with van der Waals surface area (Å²) in [5.41, 5.74) is 1.20. The number of hydrogen-bond acceptors (Lipinski definition) is 3. The molecule has 0 saturated carbocycles. The van der Waals surface area contributed by atoms with E-state index in [1.165, 1.54) is 5.56 Å². The summed E-state index contributed by atoms with van der Waals surface area (Å²) >= 11 is 0. The van der Waals surface area contributed by atoms with E-state index in [9.17, 15) is 4.79 Å². The molecular formula is C14H21NO3. The van der Waals surface area contributed by atoms with Crippen molar-refractivity contribution in [2.75, 3.05) is 13.1 Å². The quantitative estimate of drug-likeness (QED) is 0.874. The zero-order chi connectivity index (χ0) is 13.0. The molecule has 1 atom stereocenters. The molecule has 0 spiro atoms. The topological polar surface area (TPSA) is 53.7 Å². The molecule has 1 fully saturated rings. The van der Waals surface area contributed by atoms with Crippen molar-refractivity contribution in [3.63, 3.8) is 0 Å². The lowest BCUT2D eigenvalue weighted by molar-refractivity contribution is -0.137. The van der Waals surface area contributed by atoms with E-state index in [1.54, 1.807) is 6.26 Å². The Morgan fingerprint density at radius 1 is 1.61 bits per heavy atom. The molecule has 1 aromatic heterocycles. The van der Waals surface area contributed by atoms with Gasteiger partial charge in [-0.1, -0.05) is 0 Å². The van der Waals surface area contributed by atoms with E-state index in [4.69, 9.17) is 9.52 Å². The lowest BCUT2D eigenvalue weighted by Gasteiger charge is -2.32. The first-order valence-electron chi connectivity index (χ1n) is 6.62. The predicted molar refractivity (Wildman–Crippen MR) is 68.3 cm³/mol. The molecule has 1 aliphatic rings. The molecule has 4 nitrogen and oxygen atoms in total. The molecule has 1 unspecified atom stereocenters. The minimum atomic E-state index is -0.686. The summed E-state index contributed by atoms with van der Waals surface area (Å²) in [7, 11) is 0. The zero-order valence-corrected chi connectivity index (χ0v) is 10.9. The van der Waals surface area contributed by atoms with Crippen LogP contribution in [0.25, 0.3) is 0 Å². The summed E-state index contributed by atoms with van der Waals surface area (Å²) < 4.78 is 5.46.